The molecule has 2 aliphatic rings. The van der Waals surface area contributed by atoms with E-state index >= 15 is 0 Å². The van der Waals surface area contributed by atoms with Gasteiger partial charge in [-0.25, -0.2) is 0 Å². The van der Waals surface area contributed by atoms with Crippen LogP contribution in [0.5, 0.6) is 0 Å². The highest BCUT2D eigenvalue weighted by Gasteiger charge is 2.47. The van der Waals surface area contributed by atoms with Crippen LogP contribution in [0.3, 0.4) is 0 Å². The summed E-state index contributed by atoms with van der Waals surface area (Å²) < 4.78 is 0. The summed E-state index contributed by atoms with van der Waals surface area (Å²) in [5.74, 6) is -0.0613. The lowest BCUT2D eigenvalue weighted by molar-refractivity contribution is -0.142. The molecule has 7 nitrogen and oxygen atoms in total. The Labute approximate surface area is 176 Å². The van der Waals surface area contributed by atoms with Crippen molar-refractivity contribution in [2.45, 2.75) is 51.7 Å². The Morgan fingerprint density at radius 1 is 1.20 bits per heavy atom. The van der Waals surface area contributed by atoms with E-state index in [2.05, 4.69) is 24.1 Å². The second-order valence-electron chi connectivity index (χ2n) is 8.76. The predicted octanol–water partition coefficient (Wildman–Crippen LogP) is 2.21. The number of piperazine rings is 1. The standard InChI is InChI=1S/C23H28N4O3/c1-14(2)10-20-22(29)26-12-17(25-15(3)28)11-18(26)13-27(20)23(30)21-19-7-5-4-6-16(19)8-9-24-21/h4-9,14,17-18,20H,10-13H2,1-3H3,(H,25,28)/t17-,18-,20-/m0/s1. The largest absolute Gasteiger partial charge is 0.352 e. The second kappa shape index (κ2) is 8.05. The zero-order valence-corrected chi connectivity index (χ0v) is 17.7. The molecule has 30 heavy (non-hydrogen) atoms. The SMILES string of the molecule is CC(=O)N[C@H]1C[C@H]2CN(C(=O)c3nccc4ccccc34)[C@@H](CC(C)C)C(=O)N2C1. The summed E-state index contributed by atoms with van der Waals surface area (Å²) in [6.45, 7) is 6.57. The van der Waals surface area contributed by atoms with Gasteiger partial charge < -0.3 is 15.1 Å². The van der Waals surface area contributed by atoms with E-state index in [0.717, 1.165) is 10.8 Å². The molecule has 1 aromatic carbocycles. The topological polar surface area (TPSA) is 82.6 Å². The quantitative estimate of drug-likeness (QED) is 0.841. The highest BCUT2D eigenvalue weighted by Crippen LogP contribution is 2.30. The molecule has 2 aliphatic heterocycles. The summed E-state index contributed by atoms with van der Waals surface area (Å²) in [7, 11) is 0. The molecule has 1 aromatic heterocycles. The number of pyridine rings is 1. The number of aromatic nitrogens is 1. The number of carbonyl (C=O) groups excluding carboxylic acids is 3. The van der Waals surface area contributed by atoms with E-state index in [-0.39, 0.29) is 35.7 Å². The van der Waals surface area contributed by atoms with Gasteiger partial charge >= 0.3 is 0 Å². The number of benzene rings is 1. The van der Waals surface area contributed by atoms with Crippen molar-refractivity contribution in [1.82, 2.24) is 20.1 Å². The fourth-order valence-electron chi connectivity index (χ4n) is 4.76. The lowest BCUT2D eigenvalue weighted by atomic mass is 9.96. The molecule has 2 fully saturated rings. The van der Waals surface area contributed by atoms with Gasteiger partial charge in [0.15, 0.2) is 0 Å². The Balaban J connectivity index is 1.67. The molecular formula is C23H28N4O3. The van der Waals surface area contributed by atoms with Crippen LogP contribution >= 0.6 is 0 Å². The van der Waals surface area contributed by atoms with Crippen LogP contribution in [0, 0.1) is 5.92 Å². The fourth-order valence-corrected chi connectivity index (χ4v) is 4.76. The van der Waals surface area contributed by atoms with Crippen LogP contribution in [0.4, 0.5) is 0 Å². The molecule has 3 atom stereocenters. The minimum Gasteiger partial charge on any atom is -0.352 e. The smallest absolute Gasteiger partial charge is 0.273 e. The number of hydrogen-bond donors (Lipinski definition) is 1. The van der Waals surface area contributed by atoms with Gasteiger partial charge in [-0.2, -0.15) is 0 Å². The summed E-state index contributed by atoms with van der Waals surface area (Å²) in [6.07, 6.45) is 2.91. The maximum Gasteiger partial charge on any atom is 0.273 e. The molecule has 3 heterocycles. The zero-order valence-electron chi connectivity index (χ0n) is 17.7. The molecule has 7 heteroatoms. The average molecular weight is 409 g/mol. The predicted molar refractivity (Wildman–Crippen MR) is 114 cm³/mol. The molecular weight excluding hydrogens is 380 g/mol. The maximum absolute atomic E-state index is 13.6. The number of nitrogens with zero attached hydrogens (tertiary/aromatic N) is 3. The van der Waals surface area contributed by atoms with Crippen molar-refractivity contribution in [3.63, 3.8) is 0 Å². The van der Waals surface area contributed by atoms with Crippen molar-refractivity contribution in [2.24, 2.45) is 5.92 Å². The molecule has 0 spiro atoms. The van der Waals surface area contributed by atoms with Crippen molar-refractivity contribution in [3.05, 3.63) is 42.2 Å². The number of rotatable bonds is 4. The summed E-state index contributed by atoms with van der Waals surface area (Å²) in [6, 6.07) is 8.90. The summed E-state index contributed by atoms with van der Waals surface area (Å²) >= 11 is 0. The van der Waals surface area contributed by atoms with Crippen molar-refractivity contribution in [3.8, 4) is 0 Å². The van der Waals surface area contributed by atoms with Crippen LogP contribution < -0.4 is 5.32 Å². The van der Waals surface area contributed by atoms with E-state index in [0.29, 0.717) is 31.6 Å². The minimum absolute atomic E-state index is 0.0265. The molecule has 0 aliphatic carbocycles. The van der Waals surface area contributed by atoms with E-state index < -0.39 is 6.04 Å². The lowest BCUT2D eigenvalue weighted by Crippen LogP contribution is -2.61. The first-order chi connectivity index (χ1) is 14.3. The molecule has 1 N–H and O–H groups in total. The summed E-state index contributed by atoms with van der Waals surface area (Å²) in [5.41, 5.74) is 0.388. The van der Waals surface area contributed by atoms with E-state index in [1.807, 2.05) is 35.2 Å². The Morgan fingerprint density at radius 3 is 2.70 bits per heavy atom. The second-order valence-corrected chi connectivity index (χ2v) is 8.76. The Hall–Kier alpha value is -2.96. The van der Waals surface area contributed by atoms with Gasteiger partial charge in [-0.3, -0.25) is 19.4 Å². The highest BCUT2D eigenvalue weighted by atomic mass is 16.2. The first kappa shape index (κ1) is 20.3. The molecule has 4 rings (SSSR count). The Bertz CT molecular complexity index is 984. The van der Waals surface area contributed by atoms with Gasteiger partial charge in [0.25, 0.3) is 5.91 Å². The van der Waals surface area contributed by atoms with Gasteiger partial charge in [0.1, 0.15) is 11.7 Å². The van der Waals surface area contributed by atoms with Crippen LogP contribution in [0.15, 0.2) is 36.5 Å². The number of hydrogen-bond acceptors (Lipinski definition) is 4. The number of carbonyl (C=O) groups is 3. The fraction of sp³-hybridized carbons (Fsp3) is 0.478. The highest BCUT2D eigenvalue weighted by molar-refractivity contribution is 6.06. The van der Waals surface area contributed by atoms with Gasteiger partial charge in [-0.15, -0.1) is 0 Å². The van der Waals surface area contributed by atoms with E-state index in [1.165, 1.54) is 6.92 Å². The van der Waals surface area contributed by atoms with Crippen LogP contribution in [0.2, 0.25) is 0 Å². The number of amides is 3. The first-order valence-electron chi connectivity index (χ1n) is 10.6. The molecule has 0 bridgehead atoms. The van der Waals surface area contributed by atoms with Crippen LogP contribution in [-0.4, -0.2) is 63.7 Å². The summed E-state index contributed by atoms with van der Waals surface area (Å²) in [5, 5.41) is 4.67. The molecule has 3 amide bonds. The average Bonchev–Trinajstić information content (AvgIpc) is 3.10. The van der Waals surface area contributed by atoms with Crippen LogP contribution in [0.1, 0.15) is 44.1 Å². The third-order valence-electron chi connectivity index (χ3n) is 6.01. The zero-order chi connectivity index (χ0) is 21.4. The van der Waals surface area contributed by atoms with Crippen molar-refractivity contribution in [1.29, 1.82) is 0 Å². The first-order valence-corrected chi connectivity index (χ1v) is 10.6. The molecule has 158 valence electrons. The Kier molecular flexibility index (Phi) is 5.45. The molecule has 0 radical (unpaired) electrons. The van der Waals surface area contributed by atoms with Crippen LogP contribution in [-0.2, 0) is 9.59 Å². The molecule has 0 saturated carbocycles. The monoisotopic (exact) mass is 408 g/mol. The van der Waals surface area contributed by atoms with Crippen molar-refractivity contribution < 1.29 is 14.4 Å². The lowest BCUT2D eigenvalue weighted by Gasteiger charge is -2.43. The van der Waals surface area contributed by atoms with Gasteiger partial charge in [0.05, 0.1) is 6.04 Å². The van der Waals surface area contributed by atoms with E-state index in [4.69, 9.17) is 0 Å². The van der Waals surface area contributed by atoms with E-state index in [1.54, 1.807) is 11.1 Å². The minimum atomic E-state index is -0.509. The number of fused-ring (bicyclic) bond motifs is 2. The maximum atomic E-state index is 13.6. The van der Waals surface area contributed by atoms with Crippen molar-refractivity contribution >= 4 is 28.5 Å². The molecule has 0 unspecified atom stereocenters. The van der Waals surface area contributed by atoms with Crippen LogP contribution in [0.25, 0.3) is 10.8 Å². The molecule has 2 aromatic rings. The van der Waals surface area contributed by atoms with Gasteiger partial charge in [0, 0.05) is 37.6 Å². The van der Waals surface area contributed by atoms with Crippen molar-refractivity contribution in [2.75, 3.05) is 13.1 Å². The summed E-state index contributed by atoms with van der Waals surface area (Å²) in [4.78, 5) is 46.5. The number of nitrogens with one attached hydrogen (secondary N) is 1. The van der Waals surface area contributed by atoms with Gasteiger partial charge in [-0.05, 0) is 30.2 Å². The van der Waals surface area contributed by atoms with Gasteiger partial charge in [0.2, 0.25) is 11.8 Å². The van der Waals surface area contributed by atoms with Gasteiger partial charge in [-0.1, -0.05) is 38.1 Å². The third-order valence-corrected chi connectivity index (χ3v) is 6.01. The molecule has 2 saturated heterocycles. The Morgan fingerprint density at radius 2 is 1.97 bits per heavy atom. The van der Waals surface area contributed by atoms with E-state index in [9.17, 15) is 14.4 Å². The third kappa shape index (κ3) is 3.76. The normalized spacial score (nSPS) is 23.7.